The molecule has 3 fully saturated rings. The Morgan fingerprint density at radius 3 is 2.75 bits per heavy atom. The summed E-state index contributed by atoms with van der Waals surface area (Å²) >= 11 is 0. The number of hydrogen-bond acceptors (Lipinski definition) is 1. The Bertz CT molecular complexity index is 706. The van der Waals surface area contributed by atoms with E-state index in [9.17, 15) is 0 Å². The number of fused-ring (bicyclic) bond motifs is 7. The minimum atomic E-state index is 0.435. The molecule has 0 spiro atoms. The van der Waals surface area contributed by atoms with Gasteiger partial charge in [0.1, 0.15) is 0 Å². The molecular weight excluding hydrogens is 290 g/mol. The fourth-order valence-electron chi connectivity index (χ4n) is 8.13. The minimum Gasteiger partial charge on any atom is -0.327 e. The summed E-state index contributed by atoms with van der Waals surface area (Å²) in [6, 6.07) is 0.520. The molecule has 7 unspecified atom stereocenters. The number of rotatable bonds is 0. The van der Waals surface area contributed by atoms with E-state index in [4.69, 9.17) is 5.73 Å². The van der Waals surface area contributed by atoms with Crippen molar-refractivity contribution in [1.82, 2.24) is 0 Å². The molecule has 1 heteroatoms. The van der Waals surface area contributed by atoms with Gasteiger partial charge >= 0.3 is 0 Å². The molecule has 6 aliphatic rings. The fourth-order valence-corrected chi connectivity index (χ4v) is 8.13. The van der Waals surface area contributed by atoms with E-state index in [2.05, 4.69) is 26.0 Å². The maximum absolute atomic E-state index is 6.50. The highest BCUT2D eigenvalue weighted by Gasteiger charge is 2.67. The lowest BCUT2D eigenvalue weighted by Crippen LogP contribution is -2.31. The standard InChI is InChI=1S/C23H31N/c1-23(2)18-10-9-14-13-6-4-3-5-12(13)11-17(14)19(18)15-7-8-16-20(21(15)23)22(16)24/h9-10,15-16,18-22H,3-8,11,24H2,1-2H3. The monoisotopic (exact) mass is 321 g/mol. The molecule has 0 aromatic carbocycles. The maximum Gasteiger partial charge on any atom is 0.0105 e. The zero-order chi connectivity index (χ0) is 16.2. The summed E-state index contributed by atoms with van der Waals surface area (Å²) in [4.78, 5) is 0. The Kier molecular flexibility index (Phi) is 2.67. The molecule has 7 atom stereocenters. The van der Waals surface area contributed by atoms with E-state index in [1.54, 1.807) is 11.1 Å². The maximum atomic E-state index is 6.50. The second-order valence-corrected chi connectivity index (χ2v) is 10.2. The van der Waals surface area contributed by atoms with Gasteiger partial charge in [0.2, 0.25) is 0 Å². The first-order valence-corrected chi connectivity index (χ1v) is 10.5. The molecule has 0 saturated heterocycles. The topological polar surface area (TPSA) is 26.0 Å². The van der Waals surface area contributed by atoms with Crippen molar-refractivity contribution < 1.29 is 0 Å². The number of nitrogens with two attached hydrogens (primary N) is 1. The van der Waals surface area contributed by atoms with Crippen LogP contribution in [0.3, 0.4) is 0 Å². The second kappa shape index (κ2) is 4.47. The molecule has 0 bridgehead atoms. The summed E-state index contributed by atoms with van der Waals surface area (Å²) in [5.41, 5.74) is 14.1. The van der Waals surface area contributed by atoms with Crippen LogP contribution in [-0.2, 0) is 0 Å². The van der Waals surface area contributed by atoms with E-state index < -0.39 is 0 Å². The molecule has 6 rings (SSSR count). The summed E-state index contributed by atoms with van der Waals surface area (Å²) in [7, 11) is 0. The highest BCUT2D eigenvalue weighted by Crippen LogP contribution is 2.71. The van der Waals surface area contributed by atoms with E-state index in [0.717, 1.165) is 35.5 Å². The molecule has 2 N–H and O–H groups in total. The van der Waals surface area contributed by atoms with Gasteiger partial charge in [0.25, 0.3) is 0 Å². The van der Waals surface area contributed by atoms with Crippen molar-refractivity contribution in [2.75, 3.05) is 0 Å². The molecule has 128 valence electrons. The Labute approximate surface area is 146 Å². The first kappa shape index (κ1) is 14.4. The molecular formula is C23H31N. The third-order valence-corrected chi connectivity index (χ3v) is 9.10. The van der Waals surface area contributed by atoms with Crippen LogP contribution in [0.4, 0.5) is 0 Å². The average Bonchev–Trinajstić information content (AvgIpc) is 2.99. The Morgan fingerprint density at radius 2 is 1.88 bits per heavy atom. The van der Waals surface area contributed by atoms with Gasteiger partial charge in [-0.2, -0.15) is 0 Å². The molecule has 0 aliphatic heterocycles. The number of hydrogen-bond donors (Lipinski definition) is 1. The quantitative estimate of drug-likeness (QED) is 0.667. The highest BCUT2D eigenvalue weighted by molar-refractivity contribution is 5.57. The van der Waals surface area contributed by atoms with Crippen molar-refractivity contribution in [3.05, 3.63) is 34.4 Å². The van der Waals surface area contributed by atoms with Crippen LogP contribution in [0, 0.1) is 40.9 Å². The van der Waals surface area contributed by atoms with E-state index in [0.29, 0.717) is 11.5 Å². The molecule has 3 saturated carbocycles. The van der Waals surface area contributed by atoms with Gasteiger partial charge in [0.05, 0.1) is 0 Å². The van der Waals surface area contributed by atoms with Crippen LogP contribution in [0.5, 0.6) is 0 Å². The molecule has 0 amide bonds. The van der Waals surface area contributed by atoms with Gasteiger partial charge in [-0.3, -0.25) is 0 Å². The lowest BCUT2D eigenvalue weighted by atomic mass is 9.68. The summed E-state index contributed by atoms with van der Waals surface area (Å²) in [6.45, 7) is 5.14. The third-order valence-electron chi connectivity index (χ3n) is 9.10. The first-order chi connectivity index (χ1) is 11.6. The van der Waals surface area contributed by atoms with E-state index in [-0.39, 0.29) is 0 Å². The van der Waals surface area contributed by atoms with Gasteiger partial charge < -0.3 is 5.73 Å². The van der Waals surface area contributed by atoms with Crippen molar-refractivity contribution >= 4 is 0 Å². The van der Waals surface area contributed by atoms with Crippen molar-refractivity contribution in [3.8, 4) is 0 Å². The Morgan fingerprint density at radius 1 is 1.08 bits per heavy atom. The molecule has 0 heterocycles. The average molecular weight is 322 g/mol. The number of allylic oxidation sites excluding steroid dienone is 6. The lowest BCUT2D eigenvalue weighted by molar-refractivity contribution is 0.131. The van der Waals surface area contributed by atoms with Crippen LogP contribution >= 0.6 is 0 Å². The van der Waals surface area contributed by atoms with Crippen LogP contribution in [0.1, 0.15) is 58.8 Å². The van der Waals surface area contributed by atoms with Crippen molar-refractivity contribution in [2.24, 2.45) is 46.7 Å². The van der Waals surface area contributed by atoms with Crippen LogP contribution in [0.25, 0.3) is 0 Å². The SMILES string of the molecule is CC1(C)C2C=CC3=C(CC4=C3CCCC4)C2C2CCC3C(N)C3C21. The minimum absolute atomic E-state index is 0.435. The molecule has 0 aromatic rings. The lowest BCUT2D eigenvalue weighted by Gasteiger charge is -2.36. The van der Waals surface area contributed by atoms with Crippen LogP contribution in [0.2, 0.25) is 0 Å². The third kappa shape index (κ3) is 1.57. The van der Waals surface area contributed by atoms with Gasteiger partial charge in [0, 0.05) is 6.04 Å². The predicted octanol–water partition coefficient (Wildman–Crippen LogP) is 5.00. The normalized spacial score (nSPS) is 50.2. The molecule has 6 aliphatic carbocycles. The zero-order valence-corrected chi connectivity index (χ0v) is 15.2. The van der Waals surface area contributed by atoms with E-state index in [1.165, 1.54) is 44.9 Å². The van der Waals surface area contributed by atoms with Crippen LogP contribution in [-0.4, -0.2) is 6.04 Å². The van der Waals surface area contributed by atoms with Gasteiger partial charge in [-0.25, -0.2) is 0 Å². The summed E-state index contributed by atoms with van der Waals surface area (Å²) in [5, 5.41) is 0. The summed E-state index contributed by atoms with van der Waals surface area (Å²) in [5.74, 6) is 5.08. The summed E-state index contributed by atoms with van der Waals surface area (Å²) in [6.07, 6.45) is 14.9. The van der Waals surface area contributed by atoms with E-state index >= 15 is 0 Å². The fraction of sp³-hybridized carbons (Fsp3) is 0.739. The molecule has 0 aromatic heterocycles. The smallest absolute Gasteiger partial charge is 0.0105 e. The van der Waals surface area contributed by atoms with Gasteiger partial charge in [0.15, 0.2) is 0 Å². The van der Waals surface area contributed by atoms with Crippen LogP contribution in [0.15, 0.2) is 34.4 Å². The van der Waals surface area contributed by atoms with Gasteiger partial charge in [-0.15, -0.1) is 0 Å². The predicted molar refractivity (Wildman–Crippen MR) is 98.2 cm³/mol. The highest BCUT2D eigenvalue weighted by atomic mass is 14.8. The summed E-state index contributed by atoms with van der Waals surface area (Å²) < 4.78 is 0. The Hall–Kier alpha value is -0.820. The molecule has 0 radical (unpaired) electrons. The Balaban J connectivity index is 1.43. The van der Waals surface area contributed by atoms with Crippen molar-refractivity contribution in [3.63, 3.8) is 0 Å². The largest absolute Gasteiger partial charge is 0.327 e. The van der Waals surface area contributed by atoms with Crippen molar-refractivity contribution in [2.45, 2.75) is 64.8 Å². The van der Waals surface area contributed by atoms with E-state index in [1.807, 2.05) is 11.1 Å². The first-order valence-electron chi connectivity index (χ1n) is 10.5. The van der Waals surface area contributed by atoms with Crippen LogP contribution < -0.4 is 5.73 Å². The van der Waals surface area contributed by atoms with Gasteiger partial charge in [-0.1, -0.05) is 37.1 Å². The molecule has 24 heavy (non-hydrogen) atoms. The molecule has 1 nitrogen and oxygen atoms in total. The van der Waals surface area contributed by atoms with Crippen molar-refractivity contribution in [1.29, 1.82) is 0 Å². The second-order valence-electron chi connectivity index (χ2n) is 10.2. The zero-order valence-electron chi connectivity index (χ0n) is 15.2. The van der Waals surface area contributed by atoms with Gasteiger partial charge in [-0.05, 0) is 97.0 Å².